The normalized spacial score (nSPS) is 18.3. The molecule has 0 saturated carbocycles. The molecular weight excluding hydrogens is 296 g/mol. The molecule has 3 nitrogen and oxygen atoms in total. The van der Waals surface area contributed by atoms with Crippen LogP contribution in [-0.2, 0) is 12.1 Å². The van der Waals surface area contributed by atoms with Gasteiger partial charge in [-0.3, -0.25) is 4.90 Å². The number of nitrogens with two attached hydrogens (primary N) is 1. The first kappa shape index (κ1) is 15.3. The van der Waals surface area contributed by atoms with Gasteiger partial charge in [0.25, 0.3) is 0 Å². The number of likely N-dealkylation sites (tertiary alicyclic amines) is 1. The van der Waals surface area contributed by atoms with Gasteiger partial charge in [0.2, 0.25) is 0 Å². The minimum absolute atomic E-state index is 0.698. The van der Waals surface area contributed by atoms with Crippen LogP contribution in [0.25, 0.3) is 0 Å². The van der Waals surface area contributed by atoms with Gasteiger partial charge in [-0.1, -0.05) is 41.9 Å². The van der Waals surface area contributed by atoms with Crippen LogP contribution in [0.5, 0.6) is 0 Å². The summed E-state index contributed by atoms with van der Waals surface area (Å²) in [5, 5.41) is 11.6. The summed E-state index contributed by atoms with van der Waals surface area (Å²) in [4.78, 5) is 2.34. The van der Waals surface area contributed by atoms with E-state index < -0.39 is 5.60 Å². The Morgan fingerprint density at radius 2 is 1.68 bits per heavy atom. The number of anilines is 1. The molecule has 2 aromatic rings. The zero-order chi connectivity index (χ0) is 15.6. The van der Waals surface area contributed by atoms with E-state index in [1.807, 2.05) is 42.5 Å². The van der Waals surface area contributed by atoms with Crippen molar-refractivity contribution in [2.45, 2.75) is 25.0 Å². The van der Waals surface area contributed by atoms with E-state index in [2.05, 4.69) is 11.0 Å². The first-order valence-corrected chi connectivity index (χ1v) is 7.99. The number of aliphatic hydroxyl groups is 1. The molecule has 1 saturated heterocycles. The van der Waals surface area contributed by atoms with E-state index in [1.54, 1.807) is 0 Å². The maximum atomic E-state index is 10.9. The van der Waals surface area contributed by atoms with Crippen molar-refractivity contribution in [3.63, 3.8) is 0 Å². The molecule has 4 heteroatoms. The van der Waals surface area contributed by atoms with E-state index in [9.17, 15) is 5.11 Å². The summed E-state index contributed by atoms with van der Waals surface area (Å²) in [7, 11) is 0. The molecule has 0 radical (unpaired) electrons. The van der Waals surface area contributed by atoms with Crippen molar-refractivity contribution in [1.29, 1.82) is 0 Å². The average Bonchev–Trinajstić information content (AvgIpc) is 2.52. The van der Waals surface area contributed by atoms with Gasteiger partial charge in [0, 0.05) is 30.3 Å². The Kier molecular flexibility index (Phi) is 4.39. The number of nitrogen functional groups attached to an aromatic ring is 1. The lowest BCUT2D eigenvalue weighted by Crippen LogP contribution is -2.42. The Hall–Kier alpha value is -1.55. The molecule has 0 bridgehead atoms. The summed E-state index contributed by atoms with van der Waals surface area (Å²) in [6, 6.07) is 15.5. The first-order valence-electron chi connectivity index (χ1n) is 7.61. The quantitative estimate of drug-likeness (QED) is 0.853. The second-order valence-corrected chi connectivity index (χ2v) is 6.45. The van der Waals surface area contributed by atoms with Crippen LogP contribution in [0.15, 0.2) is 48.5 Å². The number of para-hydroxylation sites is 1. The van der Waals surface area contributed by atoms with Crippen LogP contribution in [-0.4, -0.2) is 23.1 Å². The lowest BCUT2D eigenvalue weighted by molar-refractivity contribution is -0.0276. The SMILES string of the molecule is Nc1ccccc1CN1CCC(O)(c2ccc(Cl)cc2)CC1. The predicted octanol–water partition coefficient (Wildman–Crippen LogP) is 3.41. The van der Waals surface area contributed by atoms with E-state index in [-0.39, 0.29) is 0 Å². The van der Waals surface area contributed by atoms with Crippen molar-refractivity contribution in [2.75, 3.05) is 18.8 Å². The lowest BCUT2D eigenvalue weighted by Gasteiger charge is -2.38. The van der Waals surface area contributed by atoms with Crippen LogP contribution < -0.4 is 5.73 Å². The Morgan fingerprint density at radius 3 is 2.32 bits per heavy atom. The molecule has 1 aliphatic rings. The third-order valence-electron chi connectivity index (χ3n) is 4.51. The van der Waals surface area contributed by atoms with Crippen molar-refractivity contribution < 1.29 is 5.11 Å². The van der Waals surface area contributed by atoms with Crippen molar-refractivity contribution in [3.05, 3.63) is 64.7 Å². The topological polar surface area (TPSA) is 49.5 Å². The van der Waals surface area contributed by atoms with Crippen LogP contribution in [0, 0.1) is 0 Å². The molecule has 0 atom stereocenters. The van der Waals surface area contributed by atoms with Gasteiger partial charge in [0.15, 0.2) is 0 Å². The molecule has 0 amide bonds. The van der Waals surface area contributed by atoms with Crippen molar-refractivity contribution in [2.24, 2.45) is 0 Å². The van der Waals surface area contributed by atoms with E-state index in [0.29, 0.717) is 5.02 Å². The molecule has 0 spiro atoms. The number of piperidine rings is 1. The van der Waals surface area contributed by atoms with Gasteiger partial charge in [-0.15, -0.1) is 0 Å². The van der Waals surface area contributed by atoms with Gasteiger partial charge in [-0.05, 0) is 42.2 Å². The zero-order valence-electron chi connectivity index (χ0n) is 12.5. The Balaban J connectivity index is 1.65. The summed E-state index contributed by atoms with van der Waals surface area (Å²) in [6.45, 7) is 2.55. The molecule has 1 aliphatic heterocycles. The van der Waals surface area contributed by atoms with E-state index in [0.717, 1.165) is 49.3 Å². The van der Waals surface area contributed by atoms with Gasteiger partial charge < -0.3 is 10.8 Å². The molecule has 116 valence electrons. The van der Waals surface area contributed by atoms with Gasteiger partial charge >= 0.3 is 0 Å². The summed E-state index contributed by atoms with van der Waals surface area (Å²) in [5.74, 6) is 0. The summed E-state index contributed by atoms with van der Waals surface area (Å²) in [5.41, 5.74) is 8.20. The van der Waals surface area contributed by atoms with Crippen LogP contribution in [0.3, 0.4) is 0 Å². The highest BCUT2D eigenvalue weighted by atomic mass is 35.5. The summed E-state index contributed by atoms with van der Waals surface area (Å²) < 4.78 is 0. The van der Waals surface area contributed by atoms with E-state index in [1.165, 1.54) is 0 Å². The third kappa shape index (κ3) is 3.27. The van der Waals surface area contributed by atoms with Gasteiger partial charge in [-0.2, -0.15) is 0 Å². The molecule has 3 N–H and O–H groups in total. The van der Waals surface area contributed by atoms with Crippen LogP contribution in [0.2, 0.25) is 5.02 Å². The first-order chi connectivity index (χ1) is 10.6. The Labute approximate surface area is 136 Å². The number of halogens is 1. The molecule has 1 fully saturated rings. The third-order valence-corrected chi connectivity index (χ3v) is 4.77. The maximum Gasteiger partial charge on any atom is 0.0920 e. The minimum atomic E-state index is -0.747. The van der Waals surface area contributed by atoms with Crippen LogP contribution >= 0.6 is 11.6 Å². The second-order valence-electron chi connectivity index (χ2n) is 6.01. The monoisotopic (exact) mass is 316 g/mol. The minimum Gasteiger partial charge on any atom is -0.398 e. The molecular formula is C18H21ClN2O. The molecule has 0 unspecified atom stereocenters. The second kappa shape index (κ2) is 6.29. The van der Waals surface area contributed by atoms with Crippen LogP contribution in [0.1, 0.15) is 24.0 Å². The average molecular weight is 317 g/mol. The molecule has 3 rings (SSSR count). The molecule has 2 aromatic carbocycles. The maximum absolute atomic E-state index is 10.9. The molecule has 0 aromatic heterocycles. The molecule has 0 aliphatic carbocycles. The lowest BCUT2D eigenvalue weighted by atomic mass is 9.84. The standard InChI is InChI=1S/C18H21ClN2O/c19-16-7-5-15(6-8-16)18(22)9-11-21(12-10-18)13-14-3-1-2-4-17(14)20/h1-8,22H,9-13,20H2. The highest BCUT2D eigenvalue weighted by molar-refractivity contribution is 6.30. The number of nitrogens with zero attached hydrogens (tertiary/aromatic N) is 1. The highest BCUT2D eigenvalue weighted by Crippen LogP contribution is 2.34. The number of hydrogen-bond donors (Lipinski definition) is 2. The Bertz CT molecular complexity index is 634. The van der Waals surface area contributed by atoms with E-state index in [4.69, 9.17) is 17.3 Å². The predicted molar refractivity (Wildman–Crippen MR) is 90.7 cm³/mol. The van der Waals surface area contributed by atoms with Gasteiger partial charge in [-0.25, -0.2) is 0 Å². The number of hydrogen-bond acceptors (Lipinski definition) is 3. The zero-order valence-corrected chi connectivity index (χ0v) is 13.3. The molecule has 22 heavy (non-hydrogen) atoms. The largest absolute Gasteiger partial charge is 0.398 e. The Morgan fingerprint density at radius 1 is 1.05 bits per heavy atom. The number of rotatable bonds is 3. The smallest absolute Gasteiger partial charge is 0.0920 e. The van der Waals surface area contributed by atoms with Crippen molar-refractivity contribution >= 4 is 17.3 Å². The summed E-state index contributed by atoms with van der Waals surface area (Å²) >= 11 is 5.92. The number of benzene rings is 2. The van der Waals surface area contributed by atoms with Gasteiger partial charge in [0.1, 0.15) is 0 Å². The fourth-order valence-electron chi connectivity index (χ4n) is 3.05. The van der Waals surface area contributed by atoms with Gasteiger partial charge in [0.05, 0.1) is 5.60 Å². The fraction of sp³-hybridized carbons (Fsp3) is 0.333. The summed E-state index contributed by atoms with van der Waals surface area (Å²) in [6.07, 6.45) is 1.45. The van der Waals surface area contributed by atoms with Crippen molar-refractivity contribution in [1.82, 2.24) is 4.90 Å². The van der Waals surface area contributed by atoms with Crippen LogP contribution in [0.4, 0.5) is 5.69 Å². The fourth-order valence-corrected chi connectivity index (χ4v) is 3.17. The molecule has 1 heterocycles. The van der Waals surface area contributed by atoms with Crippen molar-refractivity contribution in [3.8, 4) is 0 Å². The van der Waals surface area contributed by atoms with E-state index >= 15 is 0 Å². The highest BCUT2D eigenvalue weighted by Gasteiger charge is 2.33.